The zero-order valence-electron chi connectivity index (χ0n) is 17.0. The molecule has 2 aromatic carbocycles. The van der Waals surface area contributed by atoms with Gasteiger partial charge in [-0.3, -0.25) is 9.69 Å². The first kappa shape index (κ1) is 19.6. The molecule has 0 spiro atoms. The van der Waals surface area contributed by atoms with Crippen LogP contribution in [0.3, 0.4) is 0 Å². The van der Waals surface area contributed by atoms with Gasteiger partial charge in [0.15, 0.2) is 0 Å². The van der Waals surface area contributed by atoms with E-state index in [1.165, 1.54) is 19.1 Å². The van der Waals surface area contributed by atoms with Crippen molar-refractivity contribution in [2.24, 2.45) is 0 Å². The Morgan fingerprint density at radius 1 is 1.00 bits per heavy atom. The molecule has 1 atom stereocenters. The minimum absolute atomic E-state index is 0.111. The van der Waals surface area contributed by atoms with E-state index in [1.54, 1.807) is 0 Å². The van der Waals surface area contributed by atoms with Crippen molar-refractivity contribution in [2.75, 3.05) is 26.7 Å². The van der Waals surface area contributed by atoms with Gasteiger partial charge in [-0.05, 0) is 54.5 Å². The minimum atomic E-state index is -0.411. The number of nitrogens with zero attached hydrogens (tertiary/aromatic N) is 2. The molecule has 0 aliphatic carbocycles. The van der Waals surface area contributed by atoms with Crippen LogP contribution in [0.15, 0.2) is 48.5 Å². The van der Waals surface area contributed by atoms with Gasteiger partial charge in [-0.25, -0.2) is 4.79 Å². The molecule has 152 valence electrons. The molecule has 0 bridgehead atoms. The predicted molar refractivity (Wildman–Crippen MR) is 112 cm³/mol. The van der Waals surface area contributed by atoms with Gasteiger partial charge in [0.25, 0.3) is 5.91 Å². The maximum Gasteiger partial charge on any atom is 0.327 e. The number of hydrogen-bond acceptors (Lipinski definition) is 4. The predicted octanol–water partition coefficient (Wildman–Crippen LogP) is 3.59. The fourth-order valence-electron chi connectivity index (χ4n) is 4.49. The number of amides is 1. The van der Waals surface area contributed by atoms with E-state index in [1.807, 2.05) is 47.4 Å². The van der Waals surface area contributed by atoms with E-state index in [2.05, 4.69) is 11.0 Å². The molecule has 5 heteroatoms. The Balaban J connectivity index is 1.55. The number of carbonyl (C=O) groups excluding carboxylic acids is 2. The zero-order valence-corrected chi connectivity index (χ0v) is 17.0. The Morgan fingerprint density at radius 2 is 1.79 bits per heavy atom. The van der Waals surface area contributed by atoms with Crippen LogP contribution in [0.1, 0.15) is 52.4 Å². The van der Waals surface area contributed by atoms with Crippen LogP contribution < -0.4 is 0 Å². The summed E-state index contributed by atoms with van der Waals surface area (Å²) in [7, 11) is 1.44. The Labute approximate surface area is 172 Å². The first-order chi connectivity index (χ1) is 14.2. The Kier molecular flexibility index (Phi) is 5.95. The smallest absolute Gasteiger partial charge is 0.327 e. The summed E-state index contributed by atoms with van der Waals surface area (Å²) < 4.78 is 5.11. The highest BCUT2D eigenvalue weighted by atomic mass is 16.5. The Morgan fingerprint density at radius 3 is 2.59 bits per heavy atom. The second-order valence-corrected chi connectivity index (χ2v) is 7.90. The molecule has 0 saturated carbocycles. The van der Waals surface area contributed by atoms with Crippen molar-refractivity contribution in [2.45, 2.75) is 38.3 Å². The van der Waals surface area contributed by atoms with Gasteiger partial charge in [0.2, 0.25) is 0 Å². The highest BCUT2D eigenvalue weighted by Crippen LogP contribution is 2.32. The quantitative estimate of drug-likeness (QED) is 0.747. The van der Waals surface area contributed by atoms with Gasteiger partial charge in [-0.2, -0.15) is 0 Å². The molecule has 2 aromatic rings. The van der Waals surface area contributed by atoms with E-state index < -0.39 is 6.04 Å². The van der Waals surface area contributed by atoms with Crippen LogP contribution in [0.4, 0.5) is 0 Å². The van der Waals surface area contributed by atoms with Gasteiger partial charge in [-0.15, -0.1) is 0 Å². The molecule has 0 N–H and O–H groups in total. The number of ether oxygens (including phenoxy) is 1. The molecule has 4 rings (SSSR count). The van der Waals surface area contributed by atoms with Crippen LogP contribution in [-0.4, -0.2) is 48.4 Å². The van der Waals surface area contributed by atoms with E-state index in [0.717, 1.165) is 55.6 Å². The minimum Gasteiger partial charge on any atom is -0.468 e. The third-order valence-corrected chi connectivity index (χ3v) is 6.01. The van der Waals surface area contributed by atoms with Crippen LogP contribution in [-0.2, 0) is 22.5 Å². The molecule has 29 heavy (non-hydrogen) atoms. The van der Waals surface area contributed by atoms with E-state index in [4.69, 9.17) is 4.74 Å². The lowest BCUT2D eigenvalue weighted by molar-refractivity contribution is -0.148. The lowest BCUT2D eigenvalue weighted by Crippen LogP contribution is -2.40. The summed E-state index contributed by atoms with van der Waals surface area (Å²) in [6, 6.07) is 15.5. The third-order valence-electron chi connectivity index (χ3n) is 6.01. The fourth-order valence-corrected chi connectivity index (χ4v) is 4.49. The van der Waals surface area contributed by atoms with E-state index >= 15 is 0 Å². The monoisotopic (exact) mass is 392 g/mol. The topological polar surface area (TPSA) is 49.9 Å². The van der Waals surface area contributed by atoms with Crippen molar-refractivity contribution in [3.63, 3.8) is 0 Å². The summed E-state index contributed by atoms with van der Waals surface area (Å²) in [5.74, 6) is -0.127. The summed E-state index contributed by atoms with van der Waals surface area (Å²) >= 11 is 0. The summed E-state index contributed by atoms with van der Waals surface area (Å²) in [6.45, 7) is 3.07. The van der Waals surface area contributed by atoms with E-state index in [-0.39, 0.29) is 11.9 Å². The Hall–Kier alpha value is -2.66. The molecule has 5 nitrogen and oxygen atoms in total. The number of benzene rings is 2. The summed E-state index contributed by atoms with van der Waals surface area (Å²) in [5, 5.41) is 0. The maximum atomic E-state index is 12.9. The third kappa shape index (κ3) is 4.20. The highest BCUT2D eigenvalue weighted by molar-refractivity contribution is 5.94. The molecular formula is C24H28N2O3. The van der Waals surface area contributed by atoms with Gasteiger partial charge >= 0.3 is 5.97 Å². The summed E-state index contributed by atoms with van der Waals surface area (Å²) in [6.07, 6.45) is 4.27. The van der Waals surface area contributed by atoms with Gasteiger partial charge < -0.3 is 9.64 Å². The number of piperidine rings is 1. The lowest BCUT2D eigenvalue weighted by atomic mass is 9.92. The van der Waals surface area contributed by atoms with Gasteiger partial charge in [0.1, 0.15) is 6.04 Å². The molecule has 0 unspecified atom stereocenters. The van der Waals surface area contributed by atoms with Gasteiger partial charge in [0.05, 0.1) is 7.11 Å². The molecule has 0 aromatic heterocycles. The highest BCUT2D eigenvalue weighted by Gasteiger charge is 2.33. The molecule has 2 heterocycles. The van der Waals surface area contributed by atoms with Crippen LogP contribution in [0.5, 0.6) is 0 Å². The van der Waals surface area contributed by atoms with Gasteiger partial charge in [-0.1, -0.05) is 36.4 Å². The molecular weight excluding hydrogens is 364 g/mol. The summed E-state index contributed by atoms with van der Waals surface area (Å²) in [4.78, 5) is 29.6. The molecule has 0 radical (unpaired) electrons. The van der Waals surface area contributed by atoms with Crippen molar-refractivity contribution in [3.8, 4) is 0 Å². The first-order valence-electron chi connectivity index (χ1n) is 10.5. The maximum absolute atomic E-state index is 12.9. The van der Waals surface area contributed by atoms with Crippen molar-refractivity contribution >= 4 is 11.9 Å². The number of esters is 1. The number of rotatable bonds is 4. The van der Waals surface area contributed by atoms with Crippen molar-refractivity contribution in [1.29, 1.82) is 0 Å². The number of likely N-dealkylation sites (tertiary alicyclic amines) is 1. The SMILES string of the molecule is COC(=O)[C@H]1c2ccccc2CCN1Cc1cccc(C(=O)N2CCCCC2)c1. The van der Waals surface area contributed by atoms with Crippen LogP contribution in [0, 0.1) is 0 Å². The molecule has 1 amide bonds. The normalized spacial score (nSPS) is 19.5. The standard InChI is InChI=1S/C24H28N2O3/c1-29-24(28)22-21-11-4-3-9-19(21)12-15-26(22)17-18-8-7-10-20(16-18)23(27)25-13-5-2-6-14-25/h3-4,7-11,16,22H,2,5-6,12-15,17H2,1H3/t22-/m1/s1. The average Bonchev–Trinajstić information content (AvgIpc) is 2.78. The first-order valence-corrected chi connectivity index (χ1v) is 10.5. The van der Waals surface area contributed by atoms with E-state index in [9.17, 15) is 9.59 Å². The van der Waals surface area contributed by atoms with Crippen LogP contribution >= 0.6 is 0 Å². The van der Waals surface area contributed by atoms with Crippen molar-refractivity contribution in [1.82, 2.24) is 9.80 Å². The molecule has 2 aliphatic heterocycles. The second-order valence-electron chi connectivity index (χ2n) is 7.90. The number of carbonyl (C=O) groups is 2. The molecule has 2 aliphatic rings. The lowest BCUT2D eigenvalue weighted by Gasteiger charge is -2.35. The van der Waals surface area contributed by atoms with Gasteiger partial charge in [0, 0.05) is 31.7 Å². The summed E-state index contributed by atoms with van der Waals surface area (Å²) in [5.41, 5.74) is 4.00. The number of fused-ring (bicyclic) bond motifs is 1. The zero-order chi connectivity index (χ0) is 20.2. The Bertz CT molecular complexity index is 889. The average molecular weight is 392 g/mol. The number of hydrogen-bond donors (Lipinski definition) is 0. The van der Waals surface area contributed by atoms with Crippen molar-refractivity contribution in [3.05, 3.63) is 70.8 Å². The largest absolute Gasteiger partial charge is 0.468 e. The number of methoxy groups -OCH3 is 1. The van der Waals surface area contributed by atoms with Crippen LogP contribution in [0.2, 0.25) is 0 Å². The molecule has 1 fully saturated rings. The van der Waals surface area contributed by atoms with E-state index in [0.29, 0.717) is 6.54 Å². The van der Waals surface area contributed by atoms with Crippen LogP contribution in [0.25, 0.3) is 0 Å². The second kappa shape index (κ2) is 8.78. The van der Waals surface area contributed by atoms with Crippen molar-refractivity contribution < 1.29 is 14.3 Å². The fraction of sp³-hybridized carbons (Fsp3) is 0.417. The molecule has 1 saturated heterocycles.